The minimum atomic E-state index is -3.45. The molecule has 118 valence electrons. The molecule has 0 radical (unpaired) electrons. The van der Waals surface area contributed by atoms with E-state index in [0.717, 1.165) is 19.5 Å². The van der Waals surface area contributed by atoms with Crippen LogP contribution in [0.1, 0.15) is 13.3 Å². The standard InChI is InChI=1S/C14H24N4O2S/c1-4-15-14-9-13(5-7-16-14)21(19,20)18(3)11-12-6-8-17(2)10-12/h5,7,9,12H,4,6,8,10-11H2,1-3H3,(H,15,16). The highest BCUT2D eigenvalue weighted by molar-refractivity contribution is 7.89. The molecule has 1 aromatic rings. The maximum atomic E-state index is 12.6. The van der Waals surface area contributed by atoms with Crippen LogP contribution in [0.2, 0.25) is 0 Å². The van der Waals surface area contributed by atoms with E-state index in [-0.39, 0.29) is 0 Å². The van der Waals surface area contributed by atoms with E-state index in [2.05, 4.69) is 22.2 Å². The van der Waals surface area contributed by atoms with Crippen molar-refractivity contribution >= 4 is 15.8 Å². The summed E-state index contributed by atoms with van der Waals surface area (Å²) in [4.78, 5) is 6.65. The Morgan fingerprint density at radius 1 is 1.52 bits per heavy atom. The Bertz CT molecular complexity index is 576. The van der Waals surface area contributed by atoms with Gasteiger partial charge < -0.3 is 10.2 Å². The van der Waals surface area contributed by atoms with E-state index in [0.29, 0.717) is 29.7 Å². The summed E-state index contributed by atoms with van der Waals surface area (Å²) in [7, 11) is 0.273. The first-order chi connectivity index (χ1) is 9.93. The highest BCUT2D eigenvalue weighted by atomic mass is 32.2. The fraction of sp³-hybridized carbons (Fsp3) is 0.643. The lowest BCUT2D eigenvalue weighted by Crippen LogP contribution is -2.33. The van der Waals surface area contributed by atoms with Crippen LogP contribution in [0.15, 0.2) is 23.2 Å². The summed E-state index contributed by atoms with van der Waals surface area (Å²) in [6, 6.07) is 3.14. The molecule has 21 heavy (non-hydrogen) atoms. The van der Waals surface area contributed by atoms with Crippen LogP contribution < -0.4 is 5.32 Å². The van der Waals surface area contributed by atoms with E-state index < -0.39 is 10.0 Å². The van der Waals surface area contributed by atoms with E-state index in [9.17, 15) is 8.42 Å². The normalized spacial score (nSPS) is 20.1. The highest BCUT2D eigenvalue weighted by Crippen LogP contribution is 2.21. The van der Waals surface area contributed by atoms with E-state index in [1.165, 1.54) is 10.5 Å². The second kappa shape index (κ2) is 6.72. The molecular formula is C14H24N4O2S. The molecule has 0 amide bonds. The van der Waals surface area contributed by atoms with Crippen LogP contribution in [0.3, 0.4) is 0 Å². The van der Waals surface area contributed by atoms with Crippen LogP contribution in [0.5, 0.6) is 0 Å². The van der Waals surface area contributed by atoms with Gasteiger partial charge in [-0.1, -0.05) is 0 Å². The number of nitrogens with zero attached hydrogens (tertiary/aromatic N) is 3. The van der Waals surface area contributed by atoms with E-state index in [4.69, 9.17) is 0 Å². The molecule has 1 aliphatic heterocycles. The van der Waals surface area contributed by atoms with Crippen molar-refractivity contribution in [1.29, 1.82) is 0 Å². The first-order valence-electron chi connectivity index (χ1n) is 7.28. The van der Waals surface area contributed by atoms with Gasteiger partial charge in [-0.25, -0.2) is 17.7 Å². The zero-order valence-electron chi connectivity index (χ0n) is 12.9. The maximum absolute atomic E-state index is 12.6. The zero-order chi connectivity index (χ0) is 15.5. The van der Waals surface area contributed by atoms with Crippen molar-refractivity contribution in [2.24, 2.45) is 5.92 Å². The third-order valence-corrected chi connectivity index (χ3v) is 5.62. The molecule has 2 heterocycles. The average Bonchev–Trinajstić information content (AvgIpc) is 2.85. The van der Waals surface area contributed by atoms with Gasteiger partial charge in [0.25, 0.3) is 0 Å². The number of likely N-dealkylation sites (tertiary alicyclic amines) is 1. The molecule has 1 unspecified atom stereocenters. The summed E-state index contributed by atoms with van der Waals surface area (Å²) in [5.74, 6) is 0.998. The molecule has 1 atom stereocenters. The van der Waals surface area contributed by atoms with Gasteiger partial charge in [-0.05, 0) is 38.9 Å². The monoisotopic (exact) mass is 312 g/mol. The lowest BCUT2D eigenvalue weighted by Gasteiger charge is -2.21. The molecule has 6 nitrogen and oxygen atoms in total. The number of rotatable bonds is 6. The molecule has 7 heteroatoms. The van der Waals surface area contributed by atoms with Gasteiger partial charge in [-0.15, -0.1) is 0 Å². The van der Waals surface area contributed by atoms with Crippen LogP contribution in [-0.4, -0.2) is 62.9 Å². The summed E-state index contributed by atoms with van der Waals surface area (Å²) in [5, 5.41) is 3.04. The van der Waals surface area contributed by atoms with Gasteiger partial charge in [0.05, 0.1) is 4.90 Å². The Labute approximate surface area is 127 Å². The SMILES string of the molecule is CCNc1cc(S(=O)(=O)N(C)CC2CCN(C)C2)ccn1. The summed E-state index contributed by atoms with van der Waals surface area (Å²) in [6.07, 6.45) is 2.58. The molecule has 1 aromatic heterocycles. The topological polar surface area (TPSA) is 65.5 Å². The fourth-order valence-electron chi connectivity index (χ4n) is 2.67. The molecular weight excluding hydrogens is 288 g/mol. The second-order valence-electron chi connectivity index (χ2n) is 5.61. The minimum Gasteiger partial charge on any atom is -0.370 e. The average molecular weight is 312 g/mol. The molecule has 0 aromatic carbocycles. The predicted octanol–water partition coefficient (Wildman–Crippen LogP) is 1.09. The van der Waals surface area contributed by atoms with Crippen LogP contribution in [0, 0.1) is 5.92 Å². The number of anilines is 1. The van der Waals surface area contributed by atoms with Crippen molar-refractivity contribution in [2.75, 3.05) is 45.6 Å². The Kier molecular flexibility index (Phi) is 5.18. The molecule has 0 saturated carbocycles. The van der Waals surface area contributed by atoms with Crippen molar-refractivity contribution < 1.29 is 8.42 Å². The second-order valence-corrected chi connectivity index (χ2v) is 7.65. The number of aromatic nitrogens is 1. The Balaban J connectivity index is 2.11. The van der Waals surface area contributed by atoms with Crippen LogP contribution in [0.25, 0.3) is 0 Å². The van der Waals surface area contributed by atoms with Crippen LogP contribution in [0.4, 0.5) is 5.82 Å². The van der Waals surface area contributed by atoms with Gasteiger partial charge in [-0.2, -0.15) is 0 Å². The van der Waals surface area contributed by atoms with Gasteiger partial charge in [-0.3, -0.25) is 0 Å². The maximum Gasteiger partial charge on any atom is 0.243 e. The first-order valence-corrected chi connectivity index (χ1v) is 8.72. The van der Waals surface area contributed by atoms with Crippen LogP contribution >= 0.6 is 0 Å². The van der Waals surface area contributed by atoms with E-state index >= 15 is 0 Å². The van der Waals surface area contributed by atoms with Crippen molar-refractivity contribution in [2.45, 2.75) is 18.2 Å². The molecule has 0 spiro atoms. The lowest BCUT2D eigenvalue weighted by molar-refractivity contribution is 0.357. The summed E-state index contributed by atoms with van der Waals surface area (Å²) in [5.41, 5.74) is 0. The molecule has 0 aliphatic carbocycles. The van der Waals surface area contributed by atoms with Gasteiger partial charge in [0.2, 0.25) is 10.0 Å². The zero-order valence-corrected chi connectivity index (χ0v) is 13.7. The van der Waals surface area contributed by atoms with Crippen molar-refractivity contribution in [3.8, 4) is 0 Å². The summed E-state index contributed by atoms with van der Waals surface area (Å²) < 4.78 is 26.7. The van der Waals surface area contributed by atoms with Crippen LogP contribution in [-0.2, 0) is 10.0 Å². The van der Waals surface area contributed by atoms with Crippen molar-refractivity contribution in [3.05, 3.63) is 18.3 Å². The first kappa shape index (κ1) is 16.2. The smallest absolute Gasteiger partial charge is 0.243 e. The molecule has 1 fully saturated rings. The number of hydrogen-bond donors (Lipinski definition) is 1. The van der Waals surface area contributed by atoms with Crippen molar-refractivity contribution in [1.82, 2.24) is 14.2 Å². The molecule has 1 N–H and O–H groups in total. The highest BCUT2D eigenvalue weighted by Gasteiger charge is 2.27. The number of pyridine rings is 1. The lowest BCUT2D eigenvalue weighted by atomic mass is 10.1. The Morgan fingerprint density at radius 3 is 2.90 bits per heavy atom. The van der Waals surface area contributed by atoms with Gasteiger partial charge in [0.15, 0.2) is 0 Å². The Hall–Kier alpha value is -1.18. The minimum absolute atomic E-state index is 0.294. The summed E-state index contributed by atoms with van der Waals surface area (Å²) in [6.45, 7) is 5.22. The predicted molar refractivity (Wildman–Crippen MR) is 83.8 cm³/mol. The number of hydrogen-bond acceptors (Lipinski definition) is 5. The third kappa shape index (κ3) is 3.93. The number of nitrogens with one attached hydrogen (secondary N) is 1. The van der Waals surface area contributed by atoms with Gasteiger partial charge in [0, 0.05) is 38.9 Å². The molecule has 1 aliphatic rings. The quantitative estimate of drug-likeness (QED) is 0.852. The van der Waals surface area contributed by atoms with E-state index in [1.807, 2.05) is 6.92 Å². The molecule has 0 bridgehead atoms. The molecule has 2 rings (SSSR count). The fourth-order valence-corrected chi connectivity index (χ4v) is 3.93. The van der Waals surface area contributed by atoms with Crippen molar-refractivity contribution in [3.63, 3.8) is 0 Å². The molecule has 1 saturated heterocycles. The van der Waals surface area contributed by atoms with Gasteiger partial charge in [0.1, 0.15) is 5.82 Å². The van der Waals surface area contributed by atoms with E-state index in [1.54, 1.807) is 19.2 Å². The summed E-state index contributed by atoms with van der Waals surface area (Å²) >= 11 is 0. The third-order valence-electron chi connectivity index (χ3n) is 3.80. The number of sulfonamides is 1. The Morgan fingerprint density at radius 2 is 2.29 bits per heavy atom. The van der Waals surface area contributed by atoms with Gasteiger partial charge >= 0.3 is 0 Å². The largest absolute Gasteiger partial charge is 0.370 e.